The lowest BCUT2D eigenvalue weighted by Crippen LogP contribution is -2.31. The second-order valence-electron chi connectivity index (χ2n) is 12.6. The molecule has 1 aliphatic carbocycles. The zero-order valence-electron chi connectivity index (χ0n) is 26.3. The fourth-order valence-corrected chi connectivity index (χ4v) is 9.31. The van der Waals surface area contributed by atoms with Gasteiger partial charge in [-0.25, -0.2) is 4.98 Å². The Morgan fingerprint density at radius 2 is 1.20 bits per heavy atom. The fourth-order valence-electron chi connectivity index (χ4n) is 8.11. The van der Waals surface area contributed by atoms with Crippen LogP contribution in [0.1, 0.15) is 27.8 Å². The Morgan fingerprint density at radius 3 is 1.96 bits per heavy atom. The maximum absolute atomic E-state index is 9.57. The summed E-state index contributed by atoms with van der Waals surface area (Å²) in [7, 11) is 0. The molecule has 4 heteroatoms. The number of fused-ring (bicyclic) bond motifs is 10. The van der Waals surface area contributed by atoms with Gasteiger partial charge in [-0.1, -0.05) is 121 Å². The quantitative estimate of drug-likeness (QED) is 0.193. The molecular formula is C45H27N3S. The number of rotatable bonds is 3. The average Bonchev–Trinajstić information content (AvgIpc) is 3.70. The summed E-state index contributed by atoms with van der Waals surface area (Å²) in [5.74, 6) is 0.911. The number of hydrogen-bond donors (Lipinski definition) is 0. The summed E-state index contributed by atoms with van der Waals surface area (Å²) >= 11 is 1.86. The van der Waals surface area contributed by atoms with Crippen LogP contribution in [0, 0.1) is 11.3 Å². The number of imidazole rings is 1. The molecule has 0 N–H and O–H groups in total. The number of para-hydroxylation sites is 3. The normalized spacial score (nSPS) is 13.4. The van der Waals surface area contributed by atoms with Crippen LogP contribution in [0.4, 0.5) is 0 Å². The van der Waals surface area contributed by atoms with E-state index in [4.69, 9.17) is 4.98 Å². The molecular weight excluding hydrogens is 615 g/mol. The van der Waals surface area contributed by atoms with Crippen molar-refractivity contribution in [3.8, 4) is 45.4 Å². The van der Waals surface area contributed by atoms with E-state index in [0.29, 0.717) is 5.56 Å². The molecule has 0 atom stereocenters. The molecule has 0 unspecified atom stereocenters. The van der Waals surface area contributed by atoms with Crippen molar-refractivity contribution in [1.29, 1.82) is 5.26 Å². The van der Waals surface area contributed by atoms with Gasteiger partial charge < -0.3 is 0 Å². The largest absolute Gasteiger partial charge is 0.292 e. The van der Waals surface area contributed by atoms with Crippen molar-refractivity contribution in [2.24, 2.45) is 0 Å². The van der Waals surface area contributed by atoms with Crippen molar-refractivity contribution in [3.63, 3.8) is 0 Å². The highest BCUT2D eigenvalue weighted by Gasteiger charge is 2.50. The lowest BCUT2D eigenvalue weighted by atomic mass is 9.67. The van der Waals surface area contributed by atoms with Crippen LogP contribution in [0.5, 0.6) is 0 Å². The highest BCUT2D eigenvalue weighted by atomic mass is 32.2. The monoisotopic (exact) mass is 641 g/mol. The third-order valence-electron chi connectivity index (χ3n) is 10.1. The van der Waals surface area contributed by atoms with Gasteiger partial charge in [-0.05, 0) is 99.1 Å². The van der Waals surface area contributed by atoms with Gasteiger partial charge in [-0.2, -0.15) is 5.26 Å². The van der Waals surface area contributed by atoms with Gasteiger partial charge >= 0.3 is 0 Å². The Kier molecular flexibility index (Phi) is 6.09. The predicted octanol–water partition coefficient (Wildman–Crippen LogP) is 11.1. The van der Waals surface area contributed by atoms with Crippen molar-refractivity contribution in [1.82, 2.24) is 9.55 Å². The van der Waals surface area contributed by atoms with Gasteiger partial charge in [0.2, 0.25) is 0 Å². The van der Waals surface area contributed by atoms with E-state index in [0.717, 1.165) is 39.2 Å². The lowest BCUT2D eigenvalue weighted by molar-refractivity contribution is 0.722. The molecule has 0 fully saturated rings. The molecule has 2 heterocycles. The fraction of sp³-hybridized carbons (Fsp3) is 0.0222. The van der Waals surface area contributed by atoms with Gasteiger partial charge in [0.15, 0.2) is 0 Å². The number of nitrogens with zero attached hydrogens (tertiary/aromatic N) is 3. The summed E-state index contributed by atoms with van der Waals surface area (Å²) < 4.78 is 2.27. The van der Waals surface area contributed by atoms with Gasteiger partial charge in [0, 0.05) is 21.0 Å². The number of benzene rings is 7. The van der Waals surface area contributed by atoms with Gasteiger partial charge in [0.1, 0.15) is 5.82 Å². The minimum atomic E-state index is -0.496. The summed E-state index contributed by atoms with van der Waals surface area (Å²) in [6.07, 6.45) is 0. The Morgan fingerprint density at radius 1 is 0.551 bits per heavy atom. The van der Waals surface area contributed by atoms with Crippen LogP contribution in [0.3, 0.4) is 0 Å². The third kappa shape index (κ3) is 3.94. The minimum absolute atomic E-state index is 0.496. The van der Waals surface area contributed by atoms with Gasteiger partial charge in [-0.3, -0.25) is 4.57 Å². The van der Waals surface area contributed by atoms with E-state index in [1.54, 1.807) is 0 Å². The third-order valence-corrected chi connectivity index (χ3v) is 11.3. The molecule has 0 saturated heterocycles. The molecule has 0 saturated carbocycles. The Bertz CT molecular complexity index is 2600. The zero-order valence-corrected chi connectivity index (χ0v) is 27.2. The number of hydrogen-bond acceptors (Lipinski definition) is 3. The summed E-state index contributed by atoms with van der Waals surface area (Å²) in [5.41, 5.74) is 14.2. The molecule has 1 aromatic heterocycles. The van der Waals surface area contributed by atoms with Crippen LogP contribution >= 0.6 is 11.8 Å². The van der Waals surface area contributed by atoms with Crippen LogP contribution in [0.25, 0.3) is 50.4 Å². The SMILES string of the molecule is N#Cc1ccc(-c2cccc3c2-c2cc(-c4nc5ccccc5n4-c4ccccc4)ccc2C32c3ccccc3Sc3ccccc32)cc1. The van der Waals surface area contributed by atoms with E-state index in [9.17, 15) is 5.26 Å². The van der Waals surface area contributed by atoms with Crippen molar-refractivity contribution in [2.75, 3.05) is 0 Å². The first-order valence-corrected chi connectivity index (χ1v) is 17.3. The Balaban J connectivity index is 1.32. The van der Waals surface area contributed by atoms with Crippen molar-refractivity contribution in [3.05, 3.63) is 192 Å². The molecule has 49 heavy (non-hydrogen) atoms. The maximum atomic E-state index is 9.57. The summed E-state index contributed by atoms with van der Waals surface area (Å²) in [4.78, 5) is 7.80. The first kappa shape index (κ1) is 27.9. The molecule has 8 aromatic rings. The molecule has 3 nitrogen and oxygen atoms in total. The smallest absolute Gasteiger partial charge is 0.145 e. The van der Waals surface area contributed by atoms with E-state index in [1.165, 1.54) is 43.2 Å². The van der Waals surface area contributed by atoms with E-state index >= 15 is 0 Å². The lowest BCUT2D eigenvalue weighted by Gasteiger charge is -2.39. The molecule has 7 aromatic carbocycles. The molecule has 0 radical (unpaired) electrons. The molecule has 10 rings (SSSR count). The van der Waals surface area contributed by atoms with E-state index < -0.39 is 5.41 Å². The van der Waals surface area contributed by atoms with Crippen LogP contribution in [0.2, 0.25) is 0 Å². The van der Waals surface area contributed by atoms with Crippen molar-refractivity contribution in [2.45, 2.75) is 15.2 Å². The van der Waals surface area contributed by atoms with E-state index in [2.05, 4.69) is 162 Å². The molecule has 0 amide bonds. The van der Waals surface area contributed by atoms with Gasteiger partial charge in [0.05, 0.1) is 28.1 Å². The second-order valence-corrected chi connectivity index (χ2v) is 13.7. The molecule has 1 aliphatic heterocycles. The standard InChI is InChI=1S/C45H27N3S/c46-28-29-21-23-30(24-22-29)33-13-10-16-38-43(33)34-27-31(44-47-39-17-6-7-18-40(39)48(44)32-11-2-1-3-12-32)25-26-35(34)45(38)36-14-4-8-19-41(36)49-42-20-9-5-15-37(42)45/h1-27H. The molecule has 1 spiro atoms. The van der Waals surface area contributed by atoms with E-state index in [1.807, 2.05) is 23.9 Å². The number of aromatic nitrogens is 2. The summed E-state index contributed by atoms with van der Waals surface area (Å²) in [6.45, 7) is 0. The van der Waals surface area contributed by atoms with E-state index in [-0.39, 0.29) is 0 Å². The zero-order chi connectivity index (χ0) is 32.5. The van der Waals surface area contributed by atoms with Crippen LogP contribution in [-0.2, 0) is 5.41 Å². The Labute approximate surface area is 288 Å². The van der Waals surface area contributed by atoms with Crippen molar-refractivity contribution >= 4 is 22.8 Å². The Hall–Kier alpha value is -6.15. The van der Waals surface area contributed by atoms with Crippen LogP contribution in [0.15, 0.2) is 174 Å². The first-order valence-electron chi connectivity index (χ1n) is 16.4. The highest BCUT2D eigenvalue weighted by molar-refractivity contribution is 7.99. The topological polar surface area (TPSA) is 41.6 Å². The summed E-state index contributed by atoms with van der Waals surface area (Å²) in [5, 5.41) is 9.57. The predicted molar refractivity (Wildman–Crippen MR) is 198 cm³/mol. The maximum Gasteiger partial charge on any atom is 0.145 e. The van der Waals surface area contributed by atoms with Gasteiger partial charge in [0.25, 0.3) is 0 Å². The van der Waals surface area contributed by atoms with Crippen LogP contribution < -0.4 is 0 Å². The first-order chi connectivity index (χ1) is 24.3. The average molecular weight is 642 g/mol. The highest BCUT2D eigenvalue weighted by Crippen LogP contribution is 2.63. The minimum Gasteiger partial charge on any atom is -0.292 e. The summed E-state index contributed by atoms with van der Waals surface area (Å²) in [6, 6.07) is 60.7. The molecule has 0 bridgehead atoms. The van der Waals surface area contributed by atoms with Crippen LogP contribution in [-0.4, -0.2) is 9.55 Å². The molecule has 2 aliphatic rings. The molecule has 228 valence electrons. The second kappa shape index (κ2) is 10.7. The van der Waals surface area contributed by atoms with Gasteiger partial charge in [-0.15, -0.1) is 0 Å². The number of nitriles is 1. The van der Waals surface area contributed by atoms with Crippen molar-refractivity contribution < 1.29 is 0 Å².